The molecular formula is C20H18FN3O7S. The van der Waals surface area contributed by atoms with Gasteiger partial charge in [0.1, 0.15) is 24.4 Å². The molecule has 12 heteroatoms. The SMILES string of the molecule is O=[N+]([O-])c1cc(S(=O)(=O)N2CCOCC2)ccc1OCc1coc(-c2cccc(F)c2)n1. The molecule has 10 nitrogen and oxygen atoms in total. The minimum atomic E-state index is -3.90. The van der Waals surface area contributed by atoms with Crippen LogP contribution in [0.5, 0.6) is 5.75 Å². The minimum Gasteiger partial charge on any atom is -0.480 e. The fourth-order valence-electron chi connectivity index (χ4n) is 3.14. The molecule has 0 amide bonds. The molecule has 1 saturated heterocycles. The van der Waals surface area contributed by atoms with Crippen LogP contribution in [0, 0.1) is 15.9 Å². The number of oxazole rings is 1. The van der Waals surface area contributed by atoms with Gasteiger partial charge in [0.15, 0.2) is 5.75 Å². The van der Waals surface area contributed by atoms with E-state index in [4.69, 9.17) is 13.9 Å². The smallest absolute Gasteiger partial charge is 0.312 e. The highest BCUT2D eigenvalue weighted by Crippen LogP contribution is 2.32. The van der Waals surface area contributed by atoms with Crippen LogP contribution in [0.4, 0.5) is 10.1 Å². The van der Waals surface area contributed by atoms with Crippen molar-refractivity contribution in [2.75, 3.05) is 26.3 Å². The molecule has 0 N–H and O–H groups in total. The summed E-state index contributed by atoms with van der Waals surface area (Å²) in [7, 11) is -3.90. The average Bonchev–Trinajstić information content (AvgIpc) is 3.27. The van der Waals surface area contributed by atoms with Crippen molar-refractivity contribution in [3.63, 3.8) is 0 Å². The molecule has 0 bridgehead atoms. The molecule has 1 aromatic heterocycles. The molecule has 0 radical (unpaired) electrons. The summed E-state index contributed by atoms with van der Waals surface area (Å²) in [5.74, 6) is -0.392. The second kappa shape index (κ2) is 9.02. The lowest BCUT2D eigenvalue weighted by Crippen LogP contribution is -2.40. The summed E-state index contributed by atoms with van der Waals surface area (Å²) in [6.45, 7) is 0.702. The largest absolute Gasteiger partial charge is 0.480 e. The van der Waals surface area contributed by atoms with Gasteiger partial charge in [-0.3, -0.25) is 10.1 Å². The summed E-state index contributed by atoms with van der Waals surface area (Å²) in [4.78, 5) is 14.8. The first-order chi connectivity index (χ1) is 15.3. The summed E-state index contributed by atoms with van der Waals surface area (Å²) < 4.78 is 56.1. The molecule has 0 aliphatic carbocycles. The Bertz CT molecular complexity index is 1240. The molecular weight excluding hydrogens is 445 g/mol. The number of hydrogen-bond acceptors (Lipinski definition) is 8. The van der Waals surface area contributed by atoms with E-state index < -0.39 is 26.5 Å². The number of nitrogens with zero attached hydrogens (tertiary/aromatic N) is 3. The zero-order chi connectivity index (χ0) is 22.7. The zero-order valence-corrected chi connectivity index (χ0v) is 17.5. The second-order valence-electron chi connectivity index (χ2n) is 6.85. The Labute approximate surface area is 182 Å². The summed E-state index contributed by atoms with van der Waals surface area (Å²) in [6, 6.07) is 9.15. The van der Waals surface area contributed by atoms with Crippen LogP contribution in [0.15, 0.2) is 58.0 Å². The first-order valence-electron chi connectivity index (χ1n) is 9.54. The lowest BCUT2D eigenvalue weighted by atomic mass is 10.2. The van der Waals surface area contributed by atoms with Crippen LogP contribution in [-0.2, 0) is 21.4 Å². The number of hydrogen-bond donors (Lipinski definition) is 0. The van der Waals surface area contributed by atoms with E-state index in [1.54, 1.807) is 6.07 Å². The summed E-state index contributed by atoms with van der Waals surface area (Å²) in [6.07, 6.45) is 1.29. The van der Waals surface area contributed by atoms with Crippen LogP contribution >= 0.6 is 0 Å². The van der Waals surface area contributed by atoms with E-state index in [2.05, 4.69) is 4.98 Å². The average molecular weight is 463 g/mol. The molecule has 2 heterocycles. The molecule has 0 saturated carbocycles. The maximum absolute atomic E-state index is 13.4. The van der Waals surface area contributed by atoms with Gasteiger partial charge in [0.2, 0.25) is 15.9 Å². The molecule has 0 unspecified atom stereocenters. The zero-order valence-electron chi connectivity index (χ0n) is 16.6. The molecule has 0 spiro atoms. The lowest BCUT2D eigenvalue weighted by molar-refractivity contribution is -0.386. The van der Waals surface area contributed by atoms with Crippen molar-refractivity contribution >= 4 is 15.7 Å². The quantitative estimate of drug-likeness (QED) is 0.387. The first kappa shape index (κ1) is 21.9. The van der Waals surface area contributed by atoms with Crippen LogP contribution in [0.1, 0.15) is 5.69 Å². The van der Waals surface area contributed by atoms with Crippen molar-refractivity contribution in [2.45, 2.75) is 11.5 Å². The first-order valence-corrected chi connectivity index (χ1v) is 11.0. The number of sulfonamides is 1. The molecule has 4 rings (SSSR count). The van der Waals surface area contributed by atoms with Crippen LogP contribution in [0.25, 0.3) is 11.5 Å². The summed E-state index contributed by atoms with van der Waals surface area (Å²) >= 11 is 0. The van der Waals surface area contributed by atoms with Gasteiger partial charge in [-0.2, -0.15) is 4.31 Å². The van der Waals surface area contributed by atoms with Crippen molar-refractivity contribution in [3.05, 3.63) is 70.4 Å². The second-order valence-corrected chi connectivity index (χ2v) is 8.78. The Hall–Kier alpha value is -3.35. The number of nitro benzene ring substituents is 1. The van der Waals surface area contributed by atoms with Gasteiger partial charge in [0.25, 0.3) is 0 Å². The number of nitro groups is 1. The van der Waals surface area contributed by atoms with E-state index in [-0.39, 0.29) is 49.4 Å². The Kier molecular flexibility index (Phi) is 6.17. The number of ether oxygens (including phenoxy) is 2. The monoisotopic (exact) mass is 463 g/mol. The van der Waals surface area contributed by atoms with E-state index in [1.807, 2.05) is 0 Å². The third-order valence-electron chi connectivity index (χ3n) is 4.73. The Morgan fingerprint density at radius 1 is 1.19 bits per heavy atom. The van der Waals surface area contributed by atoms with Crippen LogP contribution < -0.4 is 4.74 Å². The van der Waals surface area contributed by atoms with Crippen LogP contribution in [-0.4, -0.2) is 48.9 Å². The number of rotatable bonds is 7. The fraction of sp³-hybridized carbons (Fsp3) is 0.250. The maximum Gasteiger partial charge on any atom is 0.312 e. The topological polar surface area (TPSA) is 125 Å². The summed E-state index contributed by atoms with van der Waals surface area (Å²) in [5, 5.41) is 11.5. The third-order valence-corrected chi connectivity index (χ3v) is 6.63. The Morgan fingerprint density at radius 2 is 1.97 bits per heavy atom. The van der Waals surface area contributed by atoms with E-state index in [1.165, 1.54) is 40.9 Å². The Balaban J connectivity index is 1.52. The van der Waals surface area contributed by atoms with Crippen molar-refractivity contribution < 1.29 is 31.6 Å². The summed E-state index contributed by atoms with van der Waals surface area (Å²) in [5.41, 5.74) is 0.261. The van der Waals surface area contributed by atoms with Crippen molar-refractivity contribution in [1.82, 2.24) is 9.29 Å². The van der Waals surface area contributed by atoms with Gasteiger partial charge in [-0.1, -0.05) is 6.07 Å². The fourth-order valence-corrected chi connectivity index (χ4v) is 4.57. The molecule has 1 fully saturated rings. The number of morpholine rings is 1. The number of halogens is 1. The van der Waals surface area contributed by atoms with E-state index in [9.17, 15) is 22.9 Å². The molecule has 1 aliphatic rings. The predicted octanol–water partition coefficient (Wildman–Crippen LogP) is 2.99. The standard InChI is InChI=1S/C20H18FN3O7S/c21-15-3-1-2-14(10-15)20-22-16(13-31-20)12-30-19-5-4-17(11-18(19)24(25)26)32(27,28)23-6-8-29-9-7-23/h1-5,10-11,13H,6-9,12H2. The third kappa shape index (κ3) is 4.61. The van der Waals surface area contributed by atoms with Gasteiger partial charge in [-0.05, 0) is 30.3 Å². The highest BCUT2D eigenvalue weighted by molar-refractivity contribution is 7.89. The number of aromatic nitrogens is 1. The van der Waals surface area contributed by atoms with Crippen molar-refractivity contribution in [3.8, 4) is 17.2 Å². The lowest BCUT2D eigenvalue weighted by Gasteiger charge is -2.26. The van der Waals surface area contributed by atoms with E-state index >= 15 is 0 Å². The van der Waals surface area contributed by atoms with Crippen LogP contribution in [0.2, 0.25) is 0 Å². The molecule has 168 valence electrons. The van der Waals surface area contributed by atoms with Gasteiger partial charge >= 0.3 is 5.69 Å². The molecule has 2 aromatic carbocycles. The Morgan fingerprint density at radius 3 is 2.69 bits per heavy atom. The van der Waals surface area contributed by atoms with Gasteiger partial charge < -0.3 is 13.9 Å². The maximum atomic E-state index is 13.4. The highest BCUT2D eigenvalue weighted by atomic mass is 32.2. The van der Waals surface area contributed by atoms with E-state index in [0.29, 0.717) is 11.3 Å². The predicted molar refractivity (Wildman–Crippen MR) is 109 cm³/mol. The molecule has 1 aliphatic heterocycles. The molecule has 32 heavy (non-hydrogen) atoms. The van der Waals surface area contributed by atoms with E-state index in [0.717, 1.165) is 6.07 Å². The molecule has 3 aromatic rings. The normalized spacial score (nSPS) is 14.9. The molecule has 0 atom stereocenters. The number of benzene rings is 2. The van der Waals surface area contributed by atoms with Crippen molar-refractivity contribution in [2.24, 2.45) is 0 Å². The van der Waals surface area contributed by atoms with Crippen LogP contribution in [0.3, 0.4) is 0 Å². The van der Waals surface area contributed by atoms with Gasteiger partial charge in [-0.15, -0.1) is 0 Å². The minimum absolute atomic E-state index is 0.119. The van der Waals surface area contributed by atoms with Crippen molar-refractivity contribution in [1.29, 1.82) is 0 Å². The van der Waals surface area contributed by atoms with Gasteiger partial charge in [0, 0.05) is 24.7 Å². The van der Waals surface area contributed by atoms with Gasteiger partial charge in [0.05, 0.1) is 23.0 Å². The van der Waals surface area contributed by atoms with Gasteiger partial charge in [-0.25, -0.2) is 17.8 Å². The highest BCUT2D eigenvalue weighted by Gasteiger charge is 2.29.